The topological polar surface area (TPSA) is 84.7 Å². The number of likely N-dealkylation sites (N-methyl/N-ethyl adjacent to an activating group) is 1. The SMILES string of the molecule is CCN(C(=O)CCn1c(C)cc(C)nc1=O)[C@H]1COC[C@@H]1O. The standard InChI is InChI=1S/C15H23N3O4/c1-4-17(12-8-22-9-13(12)19)14(20)5-6-18-11(3)7-10(2)16-15(18)21/h7,12-13,19H,4-6,8-9H2,1-3H3/t12-,13-/m0/s1. The Hall–Kier alpha value is -1.73. The summed E-state index contributed by atoms with van der Waals surface area (Å²) in [6, 6.07) is 1.52. The summed E-state index contributed by atoms with van der Waals surface area (Å²) < 4.78 is 6.71. The molecule has 7 heteroatoms. The predicted molar refractivity (Wildman–Crippen MR) is 80.6 cm³/mol. The number of hydrogen-bond acceptors (Lipinski definition) is 5. The molecule has 1 aliphatic heterocycles. The first-order valence-corrected chi connectivity index (χ1v) is 7.54. The molecule has 122 valence electrons. The summed E-state index contributed by atoms with van der Waals surface area (Å²) in [5.41, 5.74) is 1.13. The fourth-order valence-electron chi connectivity index (χ4n) is 2.82. The zero-order valence-corrected chi connectivity index (χ0v) is 13.3. The Balaban J connectivity index is 2.04. The molecule has 2 rings (SSSR count). The Morgan fingerprint density at radius 2 is 2.23 bits per heavy atom. The number of hydrogen-bond donors (Lipinski definition) is 1. The van der Waals surface area contributed by atoms with Gasteiger partial charge in [0.15, 0.2) is 0 Å². The van der Waals surface area contributed by atoms with E-state index in [1.807, 2.05) is 19.9 Å². The van der Waals surface area contributed by atoms with Crippen LogP contribution in [0.3, 0.4) is 0 Å². The number of amides is 1. The highest BCUT2D eigenvalue weighted by molar-refractivity contribution is 5.76. The molecule has 22 heavy (non-hydrogen) atoms. The summed E-state index contributed by atoms with van der Waals surface area (Å²) in [6.45, 7) is 6.87. The fraction of sp³-hybridized carbons (Fsp3) is 0.667. The average molecular weight is 309 g/mol. The number of rotatable bonds is 5. The van der Waals surface area contributed by atoms with Crippen molar-refractivity contribution in [2.45, 2.75) is 45.9 Å². The Kier molecular flexibility index (Phi) is 5.31. The van der Waals surface area contributed by atoms with Gasteiger partial charge >= 0.3 is 5.69 Å². The molecule has 1 aliphatic rings. The van der Waals surface area contributed by atoms with Crippen molar-refractivity contribution in [2.24, 2.45) is 0 Å². The minimum atomic E-state index is -0.644. The highest BCUT2D eigenvalue weighted by Gasteiger charge is 2.33. The van der Waals surface area contributed by atoms with Crippen molar-refractivity contribution < 1.29 is 14.6 Å². The Bertz CT molecular complexity index is 599. The van der Waals surface area contributed by atoms with Gasteiger partial charge in [0.25, 0.3) is 0 Å². The van der Waals surface area contributed by atoms with E-state index in [1.54, 1.807) is 11.8 Å². The number of nitrogens with zero attached hydrogens (tertiary/aromatic N) is 3. The third-order valence-corrected chi connectivity index (χ3v) is 3.98. The summed E-state index contributed by atoms with van der Waals surface area (Å²) in [7, 11) is 0. The van der Waals surface area contributed by atoms with Gasteiger partial charge in [-0.2, -0.15) is 4.98 Å². The van der Waals surface area contributed by atoms with Crippen LogP contribution in [-0.4, -0.2) is 57.4 Å². The number of aliphatic hydroxyl groups is 1. The first-order valence-electron chi connectivity index (χ1n) is 7.54. The highest BCUT2D eigenvalue weighted by Crippen LogP contribution is 2.14. The molecule has 1 aromatic heterocycles. The first-order chi connectivity index (χ1) is 10.4. The number of carbonyl (C=O) groups excluding carboxylic acids is 1. The van der Waals surface area contributed by atoms with E-state index >= 15 is 0 Å². The lowest BCUT2D eigenvalue weighted by Gasteiger charge is -2.29. The maximum Gasteiger partial charge on any atom is 0.347 e. The van der Waals surface area contributed by atoms with Gasteiger partial charge in [-0.3, -0.25) is 9.36 Å². The predicted octanol–water partition coefficient (Wildman–Crippen LogP) is -0.142. The third-order valence-electron chi connectivity index (χ3n) is 3.98. The number of ether oxygens (including phenoxy) is 1. The second kappa shape index (κ2) is 7.02. The van der Waals surface area contributed by atoms with Gasteiger partial charge in [0.2, 0.25) is 5.91 Å². The van der Waals surface area contributed by atoms with Gasteiger partial charge in [-0.1, -0.05) is 0 Å². The maximum absolute atomic E-state index is 12.4. The zero-order chi connectivity index (χ0) is 16.3. The lowest BCUT2D eigenvalue weighted by Crippen LogP contribution is -2.46. The smallest absolute Gasteiger partial charge is 0.347 e. The van der Waals surface area contributed by atoms with Crippen molar-refractivity contribution in [3.63, 3.8) is 0 Å². The van der Waals surface area contributed by atoms with Crippen LogP contribution in [0.2, 0.25) is 0 Å². The van der Waals surface area contributed by atoms with Gasteiger partial charge < -0.3 is 14.7 Å². The van der Waals surface area contributed by atoms with Gasteiger partial charge in [-0.25, -0.2) is 4.79 Å². The fourth-order valence-corrected chi connectivity index (χ4v) is 2.82. The van der Waals surface area contributed by atoms with Crippen LogP contribution in [0, 0.1) is 13.8 Å². The van der Waals surface area contributed by atoms with E-state index in [-0.39, 0.29) is 37.2 Å². The molecule has 0 aliphatic carbocycles. The van der Waals surface area contributed by atoms with Crippen molar-refractivity contribution in [2.75, 3.05) is 19.8 Å². The van der Waals surface area contributed by atoms with Crippen molar-refractivity contribution in [1.82, 2.24) is 14.5 Å². The molecule has 0 bridgehead atoms. The second-order valence-corrected chi connectivity index (χ2v) is 5.58. The Labute approximate surface area is 129 Å². The molecule has 7 nitrogen and oxygen atoms in total. The monoisotopic (exact) mass is 309 g/mol. The molecule has 0 spiro atoms. The Morgan fingerprint density at radius 1 is 1.50 bits per heavy atom. The third kappa shape index (κ3) is 3.53. The molecule has 2 heterocycles. The van der Waals surface area contributed by atoms with E-state index < -0.39 is 6.10 Å². The lowest BCUT2D eigenvalue weighted by atomic mass is 10.1. The van der Waals surface area contributed by atoms with E-state index in [0.717, 1.165) is 5.69 Å². The van der Waals surface area contributed by atoms with Gasteiger partial charge in [0.05, 0.1) is 25.4 Å². The highest BCUT2D eigenvalue weighted by atomic mass is 16.5. The molecule has 1 N–H and O–H groups in total. The van der Waals surface area contributed by atoms with E-state index in [9.17, 15) is 14.7 Å². The normalized spacial score (nSPS) is 21.1. The molecule has 1 saturated heterocycles. The number of aliphatic hydroxyl groups excluding tert-OH is 1. The number of aryl methyl sites for hydroxylation is 2. The minimum absolute atomic E-state index is 0.0936. The zero-order valence-electron chi connectivity index (χ0n) is 13.3. The second-order valence-electron chi connectivity index (χ2n) is 5.58. The van der Waals surface area contributed by atoms with Crippen molar-refractivity contribution in [3.05, 3.63) is 27.9 Å². The summed E-state index contributed by atoms with van der Waals surface area (Å²) >= 11 is 0. The lowest BCUT2D eigenvalue weighted by molar-refractivity contribution is -0.135. The number of carbonyl (C=O) groups is 1. The molecule has 0 radical (unpaired) electrons. The van der Waals surface area contributed by atoms with Crippen molar-refractivity contribution >= 4 is 5.91 Å². The molecule has 2 atom stereocenters. The van der Waals surface area contributed by atoms with E-state index in [0.29, 0.717) is 18.8 Å². The molecule has 1 amide bonds. The molecule has 0 saturated carbocycles. The summed E-state index contributed by atoms with van der Waals surface area (Å²) in [6.07, 6.45) is -0.447. The first kappa shape index (κ1) is 16.6. The van der Waals surface area contributed by atoms with Crippen LogP contribution in [0.4, 0.5) is 0 Å². The van der Waals surface area contributed by atoms with Crippen LogP contribution in [-0.2, 0) is 16.1 Å². The average Bonchev–Trinajstić information content (AvgIpc) is 2.85. The summed E-state index contributed by atoms with van der Waals surface area (Å²) in [5, 5.41) is 9.86. The maximum atomic E-state index is 12.4. The molecule has 0 aromatic carbocycles. The van der Waals surface area contributed by atoms with Crippen LogP contribution in [0.15, 0.2) is 10.9 Å². The van der Waals surface area contributed by atoms with Gasteiger partial charge in [0, 0.05) is 30.9 Å². The van der Waals surface area contributed by atoms with Crippen molar-refractivity contribution in [3.8, 4) is 0 Å². The van der Waals surface area contributed by atoms with Crippen LogP contribution >= 0.6 is 0 Å². The van der Waals surface area contributed by atoms with Gasteiger partial charge in [-0.05, 0) is 26.8 Å². The van der Waals surface area contributed by atoms with Crippen LogP contribution in [0.1, 0.15) is 24.7 Å². The summed E-state index contributed by atoms with van der Waals surface area (Å²) in [4.78, 5) is 29.8. The largest absolute Gasteiger partial charge is 0.388 e. The summed E-state index contributed by atoms with van der Waals surface area (Å²) in [5.74, 6) is -0.0936. The number of aromatic nitrogens is 2. The Morgan fingerprint density at radius 3 is 2.77 bits per heavy atom. The molecule has 1 aromatic rings. The molecule has 0 unspecified atom stereocenters. The van der Waals surface area contributed by atoms with Gasteiger partial charge in [-0.15, -0.1) is 0 Å². The van der Waals surface area contributed by atoms with Gasteiger partial charge in [0.1, 0.15) is 0 Å². The molecule has 1 fully saturated rings. The quantitative estimate of drug-likeness (QED) is 0.818. The van der Waals surface area contributed by atoms with E-state index in [1.165, 1.54) is 4.57 Å². The van der Waals surface area contributed by atoms with E-state index in [4.69, 9.17) is 4.74 Å². The minimum Gasteiger partial charge on any atom is -0.388 e. The van der Waals surface area contributed by atoms with Crippen LogP contribution in [0.25, 0.3) is 0 Å². The van der Waals surface area contributed by atoms with E-state index in [2.05, 4.69) is 4.98 Å². The molecular weight excluding hydrogens is 286 g/mol. The van der Waals surface area contributed by atoms with Crippen molar-refractivity contribution in [1.29, 1.82) is 0 Å². The van der Waals surface area contributed by atoms with Crippen LogP contribution < -0.4 is 5.69 Å². The molecular formula is C15H23N3O4. The van der Waals surface area contributed by atoms with Crippen LogP contribution in [0.5, 0.6) is 0 Å².